The summed E-state index contributed by atoms with van der Waals surface area (Å²) in [5.74, 6) is -1.16. The van der Waals surface area contributed by atoms with E-state index in [1.807, 2.05) is 6.92 Å². The van der Waals surface area contributed by atoms with Gasteiger partial charge in [0, 0.05) is 36.5 Å². The molecule has 0 spiro atoms. The highest BCUT2D eigenvalue weighted by molar-refractivity contribution is 7.88. The lowest BCUT2D eigenvalue weighted by Gasteiger charge is -2.08. The van der Waals surface area contributed by atoms with Crippen LogP contribution in [0.2, 0.25) is 0 Å². The van der Waals surface area contributed by atoms with E-state index in [0.29, 0.717) is 50.9 Å². The minimum atomic E-state index is -3.49. The third-order valence-corrected chi connectivity index (χ3v) is 7.69. The van der Waals surface area contributed by atoms with Gasteiger partial charge in [-0.1, -0.05) is 13.3 Å². The molecule has 0 saturated heterocycles. The number of aromatic nitrogens is 7. The Morgan fingerprint density at radius 2 is 1.78 bits per heavy atom. The van der Waals surface area contributed by atoms with Crippen LogP contribution in [-0.4, -0.2) is 55.7 Å². The van der Waals surface area contributed by atoms with Crippen LogP contribution in [0.3, 0.4) is 0 Å². The highest BCUT2D eigenvalue weighted by Gasteiger charge is 2.22. The van der Waals surface area contributed by atoms with Gasteiger partial charge in [-0.2, -0.15) is 5.10 Å². The van der Waals surface area contributed by atoms with Gasteiger partial charge in [-0.15, -0.1) is 0 Å². The molecule has 6 aromatic rings. The van der Waals surface area contributed by atoms with Crippen LogP contribution in [0.1, 0.15) is 31.7 Å². The van der Waals surface area contributed by atoms with E-state index in [9.17, 15) is 17.6 Å². The van der Waals surface area contributed by atoms with E-state index in [2.05, 4.69) is 45.2 Å². The van der Waals surface area contributed by atoms with Gasteiger partial charge < -0.3 is 10.3 Å². The van der Waals surface area contributed by atoms with Gasteiger partial charge in [0.25, 0.3) is 0 Å². The second-order valence-electron chi connectivity index (χ2n) is 10.5. The number of nitrogens with zero attached hydrogens (tertiary/aromatic N) is 5. The zero-order valence-electron chi connectivity index (χ0n) is 24.1. The average molecular weight is 632 g/mol. The monoisotopic (exact) mass is 631 g/mol. The van der Waals surface area contributed by atoms with Crippen LogP contribution in [0.4, 0.5) is 14.5 Å². The molecule has 6 rings (SSSR count). The lowest BCUT2D eigenvalue weighted by Crippen LogP contribution is -2.21. The van der Waals surface area contributed by atoms with E-state index in [0.717, 1.165) is 19.1 Å². The fraction of sp³-hybridized carbons (Fsp3) is 0.200. The van der Waals surface area contributed by atoms with Gasteiger partial charge in [0.1, 0.15) is 17.2 Å². The summed E-state index contributed by atoms with van der Waals surface area (Å²) in [4.78, 5) is 32.7. The molecule has 230 valence electrons. The molecule has 0 aliphatic heterocycles. The van der Waals surface area contributed by atoms with Crippen molar-refractivity contribution in [3.8, 4) is 33.9 Å². The predicted molar refractivity (Wildman–Crippen MR) is 165 cm³/mol. The smallest absolute Gasteiger partial charge is 0.224 e. The molecule has 15 heteroatoms. The number of sulfonamides is 1. The highest BCUT2D eigenvalue weighted by atomic mass is 32.2. The van der Waals surface area contributed by atoms with Crippen LogP contribution in [0.5, 0.6) is 0 Å². The zero-order chi connectivity index (χ0) is 31.7. The molecule has 5 heterocycles. The number of rotatable bonds is 10. The summed E-state index contributed by atoms with van der Waals surface area (Å²) in [7, 11) is -3.49. The largest absolute Gasteiger partial charge is 0.335 e. The Hall–Kier alpha value is -5.15. The number of aromatic amines is 2. The fourth-order valence-corrected chi connectivity index (χ4v) is 5.35. The maximum Gasteiger partial charge on any atom is 0.224 e. The van der Waals surface area contributed by atoms with Crippen molar-refractivity contribution in [1.29, 1.82) is 0 Å². The number of benzene rings is 1. The molecule has 1 aromatic carbocycles. The van der Waals surface area contributed by atoms with Crippen LogP contribution in [0.25, 0.3) is 55.8 Å². The number of hydrogen-bond acceptors (Lipinski definition) is 8. The van der Waals surface area contributed by atoms with E-state index >= 15 is 4.39 Å². The Morgan fingerprint density at radius 3 is 2.58 bits per heavy atom. The number of H-pyrrole nitrogens is 2. The molecule has 0 aliphatic carbocycles. The molecule has 4 N–H and O–H groups in total. The number of unbranched alkanes of at least 4 members (excludes halogenated alkanes) is 1. The molecule has 45 heavy (non-hydrogen) atoms. The van der Waals surface area contributed by atoms with Crippen LogP contribution in [-0.2, 0) is 21.4 Å². The standard InChI is InChI=1S/C30H27F2N9O3S/c1-3-4-5-24(42)37-20-9-18(11-33-12-20)27-26(32)25-22(15-35-27)40-41-29(25)30-38-23-14-34-13-21(28(23)39-30)17-6-16(7-19(31)8-17)10-36-45(2,43)44/h6-9,11-15,36H,3-5,10H2,1-2H3,(H,37,42)(H,38,39)(H,40,41). The summed E-state index contributed by atoms with van der Waals surface area (Å²) in [6.07, 6.45) is 10.5. The van der Waals surface area contributed by atoms with Gasteiger partial charge in [0.15, 0.2) is 11.6 Å². The molecule has 0 saturated carbocycles. The Balaban J connectivity index is 1.38. The van der Waals surface area contributed by atoms with E-state index in [-0.39, 0.29) is 35.1 Å². The van der Waals surface area contributed by atoms with E-state index in [1.165, 1.54) is 43.1 Å². The third-order valence-electron chi connectivity index (χ3n) is 7.02. The number of fused-ring (bicyclic) bond motifs is 2. The molecule has 0 unspecified atom stereocenters. The molecule has 0 bridgehead atoms. The topological polar surface area (TPSA) is 171 Å². The number of amides is 1. The Kier molecular flexibility index (Phi) is 8.03. The highest BCUT2D eigenvalue weighted by Crippen LogP contribution is 2.35. The number of anilines is 1. The lowest BCUT2D eigenvalue weighted by atomic mass is 10.0. The first kappa shape index (κ1) is 29.9. The summed E-state index contributed by atoms with van der Waals surface area (Å²) in [5, 5.41) is 10.0. The van der Waals surface area contributed by atoms with Crippen molar-refractivity contribution in [2.75, 3.05) is 11.6 Å². The molecule has 1 amide bonds. The van der Waals surface area contributed by atoms with Crippen molar-refractivity contribution < 1.29 is 22.0 Å². The van der Waals surface area contributed by atoms with Gasteiger partial charge in [-0.05, 0) is 41.8 Å². The van der Waals surface area contributed by atoms with Crippen LogP contribution >= 0.6 is 0 Å². The second-order valence-corrected chi connectivity index (χ2v) is 12.3. The molecule has 12 nitrogen and oxygen atoms in total. The second kappa shape index (κ2) is 12.1. The third kappa shape index (κ3) is 6.39. The van der Waals surface area contributed by atoms with Gasteiger partial charge in [-0.25, -0.2) is 26.9 Å². The summed E-state index contributed by atoms with van der Waals surface area (Å²) in [6.45, 7) is 1.90. The van der Waals surface area contributed by atoms with E-state index < -0.39 is 21.7 Å². The van der Waals surface area contributed by atoms with Gasteiger partial charge >= 0.3 is 0 Å². The van der Waals surface area contributed by atoms with Crippen LogP contribution in [0.15, 0.2) is 55.2 Å². The quantitative estimate of drug-likeness (QED) is 0.162. The van der Waals surface area contributed by atoms with Crippen molar-refractivity contribution in [2.24, 2.45) is 0 Å². The van der Waals surface area contributed by atoms with Gasteiger partial charge in [-0.3, -0.25) is 24.8 Å². The summed E-state index contributed by atoms with van der Waals surface area (Å²) in [5.41, 5.74) is 3.52. The lowest BCUT2D eigenvalue weighted by molar-refractivity contribution is -0.116. The first-order valence-electron chi connectivity index (χ1n) is 14.0. The summed E-state index contributed by atoms with van der Waals surface area (Å²) in [6, 6.07) is 5.78. The minimum absolute atomic E-state index is 0.00997. The van der Waals surface area contributed by atoms with E-state index in [4.69, 9.17) is 0 Å². The number of hydrogen-bond donors (Lipinski definition) is 4. The number of carbonyl (C=O) groups is 1. The van der Waals surface area contributed by atoms with Crippen molar-refractivity contribution >= 4 is 43.6 Å². The molecule has 0 radical (unpaired) electrons. The number of carbonyl (C=O) groups excluding carboxylic acids is 1. The molecule has 5 aromatic heterocycles. The van der Waals surface area contributed by atoms with Crippen molar-refractivity contribution in [2.45, 2.75) is 32.7 Å². The number of imidazole rings is 1. The minimum Gasteiger partial charge on any atom is -0.335 e. The number of nitrogens with one attached hydrogen (secondary N) is 4. The van der Waals surface area contributed by atoms with Crippen molar-refractivity contribution in [3.63, 3.8) is 0 Å². The first-order valence-corrected chi connectivity index (χ1v) is 15.8. The Morgan fingerprint density at radius 1 is 0.956 bits per heavy atom. The Bertz CT molecular complexity index is 2180. The summed E-state index contributed by atoms with van der Waals surface area (Å²) >= 11 is 0. The molecule has 0 aliphatic rings. The van der Waals surface area contributed by atoms with Crippen LogP contribution < -0.4 is 10.0 Å². The molecule has 0 atom stereocenters. The molecular weight excluding hydrogens is 604 g/mol. The fourth-order valence-electron chi connectivity index (χ4n) is 4.93. The normalized spacial score (nSPS) is 11.8. The van der Waals surface area contributed by atoms with Crippen molar-refractivity contribution in [1.82, 2.24) is 39.8 Å². The van der Waals surface area contributed by atoms with Crippen molar-refractivity contribution in [3.05, 3.63) is 72.4 Å². The molecule has 0 fully saturated rings. The predicted octanol–water partition coefficient (Wildman–Crippen LogP) is 5.08. The van der Waals surface area contributed by atoms with Crippen LogP contribution in [0, 0.1) is 11.6 Å². The number of pyridine rings is 3. The Labute approximate surface area is 255 Å². The average Bonchev–Trinajstić information content (AvgIpc) is 3.63. The maximum atomic E-state index is 16.2. The number of halogens is 2. The summed E-state index contributed by atoms with van der Waals surface area (Å²) < 4.78 is 56.2. The maximum absolute atomic E-state index is 16.2. The van der Waals surface area contributed by atoms with E-state index in [1.54, 1.807) is 12.1 Å². The first-order chi connectivity index (χ1) is 21.6. The zero-order valence-corrected chi connectivity index (χ0v) is 25.0. The van der Waals surface area contributed by atoms with Gasteiger partial charge in [0.2, 0.25) is 15.9 Å². The molecular formula is C30H27F2N9O3S. The SMILES string of the molecule is CCCCC(=O)Nc1cncc(-c2ncc3[nH]nc(-c4nc5c(-c6cc(F)cc(CNS(C)(=O)=O)c6)cncc5[nH]4)c3c2F)c1. The van der Waals surface area contributed by atoms with Gasteiger partial charge in [0.05, 0.1) is 52.5 Å².